The third kappa shape index (κ3) is 2.95. The van der Waals surface area contributed by atoms with Crippen molar-refractivity contribution < 1.29 is 13.9 Å². The summed E-state index contributed by atoms with van der Waals surface area (Å²) in [4.78, 5) is 18.8. The number of ether oxygens (including phenoxy) is 1. The molecule has 2 aromatic heterocycles. The van der Waals surface area contributed by atoms with E-state index in [1.165, 1.54) is 11.8 Å². The van der Waals surface area contributed by atoms with Gasteiger partial charge in [-0.05, 0) is 23.8 Å². The molecule has 2 atom stereocenters. The molecule has 2 aromatic rings. The molecule has 0 unspecified atom stereocenters. The zero-order valence-electron chi connectivity index (χ0n) is 13.5. The van der Waals surface area contributed by atoms with Gasteiger partial charge in [0.05, 0.1) is 19.5 Å². The van der Waals surface area contributed by atoms with E-state index in [2.05, 4.69) is 21.3 Å². The fraction of sp³-hybridized carbons (Fsp3) is 0.444. The highest BCUT2D eigenvalue weighted by molar-refractivity contribution is 5.91. The molecular formula is C18H21N3O3. The van der Waals surface area contributed by atoms with Gasteiger partial charge in [0.15, 0.2) is 5.76 Å². The number of hydrogen-bond donors (Lipinski definition) is 1. The van der Waals surface area contributed by atoms with E-state index in [0.29, 0.717) is 24.8 Å². The number of rotatable bonds is 5. The third-order valence-electron chi connectivity index (χ3n) is 5.07. The highest BCUT2D eigenvalue weighted by atomic mass is 16.5. The summed E-state index contributed by atoms with van der Waals surface area (Å²) in [6.07, 6.45) is 5.22. The van der Waals surface area contributed by atoms with E-state index >= 15 is 0 Å². The first-order chi connectivity index (χ1) is 11.8. The maximum absolute atomic E-state index is 12.2. The zero-order chi connectivity index (χ0) is 16.4. The molecule has 2 saturated heterocycles. The molecule has 126 valence electrons. The topological polar surface area (TPSA) is 67.6 Å². The quantitative estimate of drug-likeness (QED) is 0.902. The highest BCUT2D eigenvalue weighted by Gasteiger charge is 2.50. The maximum Gasteiger partial charge on any atom is 0.286 e. The van der Waals surface area contributed by atoms with E-state index in [-0.39, 0.29) is 11.3 Å². The van der Waals surface area contributed by atoms with Crippen molar-refractivity contribution in [1.29, 1.82) is 0 Å². The molecule has 2 fully saturated rings. The van der Waals surface area contributed by atoms with Crippen molar-refractivity contribution in [1.82, 2.24) is 15.2 Å². The second-order valence-electron chi connectivity index (χ2n) is 6.77. The van der Waals surface area contributed by atoms with Gasteiger partial charge in [0.2, 0.25) is 0 Å². The number of aromatic nitrogens is 1. The fourth-order valence-electron chi connectivity index (χ4n) is 3.81. The maximum atomic E-state index is 12.2. The van der Waals surface area contributed by atoms with Crippen LogP contribution in [0.15, 0.2) is 47.3 Å². The first kappa shape index (κ1) is 15.4. The summed E-state index contributed by atoms with van der Waals surface area (Å²) in [5.74, 6) is 0.642. The molecule has 0 spiro atoms. The lowest BCUT2D eigenvalue weighted by molar-refractivity contribution is 0.0878. The molecule has 0 aromatic carbocycles. The van der Waals surface area contributed by atoms with Crippen LogP contribution in [0.25, 0.3) is 0 Å². The van der Waals surface area contributed by atoms with E-state index in [1.54, 1.807) is 18.3 Å². The van der Waals surface area contributed by atoms with Gasteiger partial charge in [0.25, 0.3) is 5.91 Å². The van der Waals surface area contributed by atoms with Crippen LogP contribution in [0.2, 0.25) is 0 Å². The molecular weight excluding hydrogens is 306 g/mol. The molecule has 4 heterocycles. The smallest absolute Gasteiger partial charge is 0.286 e. The summed E-state index contributed by atoms with van der Waals surface area (Å²) in [5, 5.41) is 3.02. The summed E-state index contributed by atoms with van der Waals surface area (Å²) in [6.45, 7) is 4.87. The van der Waals surface area contributed by atoms with Gasteiger partial charge in [-0.15, -0.1) is 0 Å². The molecule has 6 nitrogen and oxygen atoms in total. The molecule has 1 amide bonds. The second kappa shape index (κ2) is 6.37. The predicted octanol–water partition coefficient (Wildman–Crippen LogP) is 1.55. The minimum atomic E-state index is -0.161. The van der Waals surface area contributed by atoms with Gasteiger partial charge in [-0.1, -0.05) is 6.07 Å². The van der Waals surface area contributed by atoms with Crippen LogP contribution in [0.1, 0.15) is 16.1 Å². The molecule has 6 heteroatoms. The third-order valence-corrected chi connectivity index (χ3v) is 5.07. The Bertz CT molecular complexity index is 689. The standard InChI is InChI=1S/C18H21N3O3/c22-17(16-4-2-6-24-16)20-11-18-12-21(9-15(18)10-23-13-18)8-14-3-1-5-19-7-14/h1-7,15H,8-13H2,(H,20,22)/t15-,18+/m1/s1. The summed E-state index contributed by atoms with van der Waals surface area (Å²) in [7, 11) is 0. The Hall–Kier alpha value is -2.18. The highest BCUT2D eigenvalue weighted by Crippen LogP contribution is 2.41. The van der Waals surface area contributed by atoms with Crippen LogP contribution in [-0.2, 0) is 11.3 Å². The fourth-order valence-corrected chi connectivity index (χ4v) is 3.81. The summed E-state index contributed by atoms with van der Waals surface area (Å²) >= 11 is 0. The van der Waals surface area contributed by atoms with Crippen molar-refractivity contribution in [3.05, 3.63) is 54.2 Å². The molecule has 0 bridgehead atoms. The molecule has 0 aliphatic carbocycles. The molecule has 2 aliphatic heterocycles. The minimum absolute atomic E-state index is 0.00946. The van der Waals surface area contributed by atoms with Crippen molar-refractivity contribution >= 4 is 5.91 Å². The average Bonchev–Trinajstić information content (AvgIpc) is 3.29. The average molecular weight is 327 g/mol. The second-order valence-corrected chi connectivity index (χ2v) is 6.77. The van der Waals surface area contributed by atoms with Gasteiger partial charge in [-0.2, -0.15) is 0 Å². The van der Waals surface area contributed by atoms with Gasteiger partial charge < -0.3 is 14.5 Å². The van der Waals surface area contributed by atoms with E-state index in [9.17, 15) is 4.79 Å². The zero-order valence-corrected chi connectivity index (χ0v) is 13.5. The van der Waals surface area contributed by atoms with Crippen LogP contribution in [0.3, 0.4) is 0 Å². The number of fused-ring (bicyclic) bond motifs is 1. The number of amides is 1. The number of likely N-dealkylation sites (tertiary alicyclic amines) is 1. The number of carbonyl (C=O) groups is 1. The van der Waals surface area contributed by atoms with Crippen LogP contribution in [0.4, 0.5) is 0 Å². The number of carbonyl (C=O) groups excluding carboxylic acids is 1. The van der Waals surface area contributed by atoms with Gasteiger partial charge in [0.1, 0.15) is 0 Å². The molecule has 0 radical (unpaired) electrons. The Balaban J connectivity index is 1.40. The number of nitrogens with zero attached hydrogens (tertiary/aromatic N) is 2. The molecule has 1 N–H and O–H groups in total. The normalized spacial score (nSPS) is 26.4. The van der Waals surface area contributed by atoms with E-state index in [0.717, 1.165) is 26.2 Å². The number of furan rings is 1. The Morgan fingerprint density at radius 1 is 1.42 bits per heavy atom. The SMILES string of the molecule is O=C(NC[C@]12COC[C@H]1CN(Cc1cccnc1)C2)c1ccco1. The van der Waals surface area contributed by atoms with Crippen molar-refractivity contribution in [2.45, 2.75) is 6.54 Å². The molecule has 4 rings (SSSR count). The van der Waals surface area contributed by atoms with E-state index < -0.39 is 0 Å². The first-order valence-corrected chi connectivity index (χ1v) is 8.26. The Morgan fingerprint density at radius 2 is 2.38 bits per heavy atom. The Morgan fingerprint density at radius 3 is 3.17 bits per heavy atom. The van der Waals surface area contributed by atoms with E-state index in [1.807, 2.05) is 12.3 Å². The van der Waals surface area contributed by atoms with Gasteiger partial charge >= 0.3 is 0 Å². The number of hydrogen-bond acceptors (Lipinski definition) is 5. The predicted molar refractivity (Wildman–Crippen MR) is 87.3 cm³/mol. The lowest BCUT2D eigenvalue weighted by atomic mass is 9.81. The number of nitrogens with one attached hydrogen (secondary N) is 1. The van der Waals surface area contributed by atoms with Crippen molar-refractivity contribution in [2.75, 3.05) is 32.8 Å². The first-order valence-electron chi connectivity index (χ1n) is 8.26. The minimum Gasteiger partial charge on any atom is -0.459 e. The van der Waals surface area contributed by atoms with E-state index in [4.69, 9.17) is 9.15 Å². The van der Waals surface area contributed by atoms with Crippen LogP contribution in [-0.4, -0.2) is 48.6 Å². The lowest BCUT2D eigenvalue weighted by Gasteiger charge is -2.27. The number of pyridine rings is 1. The van der Waals surface area contributed by atoms with Gasteiger partial charge in [0, 0.05) is 49.9 Å². The monoisotopic (exact) mass is 327 g/mol. The molecule has 2 aliphatic rings. The molecule has 24 heavy (non-hydrogen) atoms. The summed E-state index contributed by atoms with van der Waals surface area (Å²) < 4.78 is 10.9. The van der Waals surface area contributed by atoms with Crippen LogP contribution >= 0.6 is 0 Å². The largest absolute Gasteiger partial charge is 0.459 e. The Kier molecular flexibility index (Phi) is 4.08. The Labute approximate surface area is 140 Å². The van der Waals surface area contributed by atoms with Gasteiger partial charge in [-0.3, -0.25) is 14.7 Å². The van der Waals surface area contributed by atoms with Gasteiger partial charge in [-0.25, -0.2) is 0 Å². The van der Waals surface area contributed by atoms with Crippen LogP contribution < -0.4 is 5.32 Å². The van der Waals surface area contributed by atoms with Crippen molar-refractivity contribution in [3.63, 3.8) is 0 Å². The van der Waals surface area contributed by atoms with Crippen LogP contribution in [0, 0.1) is 11.3 Å². The lowest BCUT2D eigenvalue weighted by Crippen LogP contribution is -2.43. The van der Waals surface area contributed by atoms with Crippen molar-refractivity contribution in [3.8, 4) is 0 Å². The molecule has 0 saturated carbocycles. The summed E-state index contributed by atoms with van der Waals surface area (Å²) in [5.41, 5.74) is 1.21. The van der Waals surface area contributed by atoms with Crippen LogP contribution in [0.5, 0.6) is 0 Å². The summed E-state index contributed by atoms with van der Waals surface area (Å²) in [6, 6.07) is 7.47. The van der Waals surface area contributed by atoms with Crippen molar-refractivity contribution in [2.24, 2.45) is 11.3 Å².